The van der Waals surface area contributed by atoms with Gasteiger partial charge in [0, 0.05) is 17.8 Å². The van der Waals surface area contributed by atoms with Crippen LogP contribution >= 0.6 is 0 Å². The molecule has 0 amide bonds. The van der Waals surface area contributed by atoms with E-state index >= 15 is 0 Å². The van der Waals surface area contributed by atoms with E-state index in [-0.39, 0.29) is 5.69 Å². The highest BCUT2D eigenvalue weighted by atomic mass is 16.6. The predicted molar refractivity (Wildman–Crippen MR) is 66.6 cm³/mol. The fourth-order valence-electron chi connectivity index (χ4n) is 1.44. The molecule has 1 aromatic heterocycles. The number of ether oxygens (including phenoxy) is 1. The molecular weight excluding hydrogens is 234 g/mol. The van der Waals surface area contributed by atoms with Gasteiger partial charge in [-0.15, -0.1) is 0 Å². The van der Waals surface area contributed by atoms with Crippen molar-refractivity contribution < 1.29 is 9.66 Å². The first kappa shape index (κ1) is 11.8. The average molecular weight is 245 g/mol. The first-order valence-corrected chi connectivity index (χ1v) is 5.21. The number of rotatable bonds is 3. The summed E-state index contributed by atoms with van der Waals surface area (Å²) in [6, 6.07) is 9.64. The van der Waals surface area contributed by atoms with Crippen molar-refractivity contribution in [1.29, 1.82) is 0 Å². The highest BCUT2D eigenvalue weighted by Crippen LogP contribution is 2.24. The van der Waals surface area contributed by atoms with E-state index in [4.69, 9.17) is 10.5 Å². The zero-order valence-corrected chi connectivity index (χ0v) is 9.66. The fraction of sp³-hybridized carbons (Fsp3) is 0.0833. The third kappa shape index (κ3) is 2.54. The average Bonchev–Trinajstić information content (AvgIpc) is 2.32. The minimum absolute atomic E-state index is 0.0281. The number of nitrogens with zero attached hydrogens (tertiary/aromatic N) is 2. The molecule has 2 N–H and O–H groups in total. The summed E-state index contributed by atoms with van der Waals surface area (Å²) < 4.78 is 5.46. The first-order valence-electron chi connectivity index (χ1n) is 5.21. The van der Waals surface area contributed by atoms with Gasteiger partial charge in [0.15, 0.2) is 0 Å². The molecule has 0 saturated heterocycles. The standard InChI is InChI=1S/C12H11N3O3/c1-8-11(15(16)17)6-7-12(14-8)18-10-4-2-9(13)3-5-10/h2-7H,13H2,1H3. The third-order valence-corrected chi connectivity index (χ3v) is 2.33. The number of anilines is 1. The summed E-state index contributed by atoms with van der Waals surface area (Å²) >= 11 is 0. The number of hydrogen-bond acceptors (Lipinski definition) is 5. The summed E-state index contributed by atoms with van der Waals surface area (Å²) in [5.74, 6) is 0.882. The second-order valence-electron chi connectivity index (χ2n) is 3.68. The quantitative estimate of drug-likeness (QED) is 0.510. The molecule has 0 bridgehead atoms. The van der Waals surface area contributed by atoms with Crippen molar-refractivity contribution in [2.24, 2.45) is 0 Å². The molecule has 6 heteroatoms. The van der Waals surface area contributed by atoms with Gasteiger partial charge in [0.2, 0.25) is 5.88 Å². The van der Waals surface area contributed by atoms with E-state index in [9.17, 15) is 10.1 Å². The fourth-order valence-corrected chi connectivity index (χ4v) is 1.44. The molecule has 0 spiro atoms. The van der Waals surface area contributed by atoms with E-state index in [1.165, 1.54) is 12.1 Å². The highest BCUT2D eigenvalue weighted by molar-refractivity contribution is 5.43. The second-order valence-corrected chi connectivity index (χ2v) is 3.68. The minimum Gasteiger partial charge on any atom is -0.439 e. The lowest BCUT2D eigenvalue weighted by molar-refractivity contribution is -0.385. The molecule has 0 aliphatic rings. The van der Waals surface area contributed by atoms with Crippen LogP contribution in [0.5, 0.6) is 11.6 Å². The van der Waals surface area contributed by atoms with Crippen LogP contribution in [0.15, 0.2) is 36.4 Å². The van der Waals surface area contributed by atoms with Gasteiger partial charge in [-0.05, 0) is 31.2 Å². The normalized spacial score (nSPS) is 10.1. The van der Waals surface area contributed by atoms with Gasteiger partial charge in [-0.3, -0.25) is 10.1 Å². The largest absolute Gasteiger partial charge is 0.439 e. The summed E-state index contributed by atoms with van der Waals surface area (Å²) in [6.07, 6.45) is 0. The molecule has 2 rings (SSSR count). The molecule has 0 radical (unpaired) electrons. The number of hydrogen-bond donors (Lipinski definition) is 1. The Labute approximate surface area is 103 Å². The van der Waals surface area contributed by atoms with Crippen molar-refractivity contribution >= 4 is 11.4 Å². The van der Waals surface area contributed by atoms with Crippen molar-refractivity contribution in [2.75, 3.05) is 5.73 Å². The van der Waals surface area contributed by atoms with Crippen LogP contribution in [-0.4, -0.2) is 9.91 Å². The summed E-state index contributed by atoms with van der Waals surface area (Å²) in [7, 11) is 0. The smallest absolute Gasteiger partial charge is 0.290 e. The van der Waals surface area contributed by atoms with Crippen molar-refractivity contribution in [3.63, 3.8) is 0 Å². The molecule has 92 valence electrons. The molecule has 18 heavy (non-hydrogen) atoms. The van der Waals surface area contributed by atoms with E-state index in [0.29, 0.717) is 23.0 Å². The number of benzene rings is 1. The van der Waals surface area contributed by atoms with Gasteiger partial charge in [0.25, 0.3) is 5.69 Å². The number of aryl methyl sites for hydroxylation is 1. The number of aromatic nitrogens is 1. The lowest BCUT2D eigenvalue weighted by Gasteiger charge is -2.05. The van der Waals surface area contributed by atoms with Crippen LogP contribution < -0.4 is 10.5 Å². The number of nitrogens with two attached hydrogens (primary N) is 1. The molecule has 1 aromatic carbocycles. The van der Waals surface area contributed by atoms with Gasteiger partial charge >= 0.3 is 0 Å². The molecule has 2 aromatic rings. The first-order chi connectivity index (χ1) is 8.56. The Kier molecular flexibility index (Phi) is 3.09. The maximum Gasteiger partial charge on any atom is 0.290 e. The number of nitrogen functional groups attached to an aromatic ring is 1. The summed E-state index contributed by atoms with van der Waals surface area (Å²) in [5, 5.41) is 10.6. The second kappa shape index (κ2) is 4.70. The number of pyridine rings is 1. The van der Waals surface area contributed by atoms with Crippen molar-refractivity contribution in [1.82, 2.24) is 4.98 Å². The monoisotopic (exact) mass is 245 g/mol. The molecule has 0 saturated carbocycles. The minimum atomic E-state index is -0.477. The van der Waals surface area contributed by atoms with E-state index in [2.05, 4.69) is 4.98 Å². The van der Waals surface area contributed by atoms with Gasteiger partial charge in [-0.25, -0.2) is 4.98 Å². The van der Waals surface area contributed by atoms with Crippen LogP contribution in [0.1, 0.15) is 5.69 Å². The molecule has 0 aliphatic heterocycles. The molecule has 6 nitrogen and oxygen atoms in total. The summed E-state index contributed by atoms with van der Waals surface area (Å²) in [4.78, 5) is 14.2. The van der Waals surface area contributed by atoms with Crippen LogP contribution in [-0.2, 0) is 0 Å². The molecule has 0 fully saturated rings. The van der Waals surface area contributed by atoms with E-state index < -0.39 is 4.92 Å². The lowest BCUT2D eigenvalue weighted by Crippen LogP contribution is -1.96. The van der Waals surface area contributed by atoms with Crippen LogP contribution in [0.3, 0.4) is 0 Å². The Morgan fingerprint density at radius 2 is 1.89 bits per heavy atom. The lowest BCUT2D eigenvalue weighted by atomic mass is 10.3. The van der Waals surface area contributed by atoms with Gasteiger partial charge < -0.3 is 10.5 Å². The van der Waals surface area contributed by atoms with E-state index in [0.717, 1.165) is 0 Å². The zero-order valence-electron chi connectivity index (χ0n) is 9.66. The summed E-state index contributed by atoms with van der Waals surface area (Å²) in [6.45, 7) is 1.56. The third-order valence-electron chi connectivity index (χ3n) is 2.33. The Bertz CT molecular complexity index is 582. The van der Waals surface area contributed by atoms with Crippen molar-refractivity contribution in [3.05, 3.63) is 52.2 Å². The summed E-state index contributed by atoms with van der Waals surface area (Å²) in [5.41, 5.74) is 6.47. The van der Waals surface area contributed by atoms with Gasteiger partial charge in [0.05, 0.1) is 4.92 Å². The topological polar surface area (TPSA) is 91.3 Å². The molecule has 0 aliphatic carbocycles. The molecule has 0 atom stereocenters. The van der Waals surface area contributed by atoms with E-state index in [1.807, 2.05) is 0 Å². The van der Waals surface area contributed by atoms with Gasteiger partial charge in [0.1, 0.15) is 11.4 Å². The molecule has 0 unspecified atom stereocenters. The van der Waals surface area contributed by atoms with Crippen molar-refractivity contribution in [2.45, 2.75) is 6.92 Å². The van der Waals surface area contributed by atoms with Crippen LogP contribution in [0.25, 0.3) is 0 Å². The molecular formula is C12H11N3O3. The van der Waals surface area contributed by atoms with Gasteiger partial charge in [-0.2, -0.15) is 0 Å². The molecule has 1 heterocycles. The van der Waals surface area contributed by atoms with Crippen LogP contribution in [0.4, 0.5) is 11.4 Å². The Balaban J connectivity index is 2.22. The van der Waals surface area contributed by atoms with Gasteiger partial charge in [-0.1, -0.05) is 0 Å². The number of nitro groups is 1. The van der Waals surface area contributed by atoms with Crippen LogP contribution in [0, 0.1) is 17.0 Å². The Morgan fingerprint density at radius 3 is 2.44 bits per heavy atom. The van der Waals surface area contributed by atoms with Crippen molar-refractivity contribution in [3.8, 4) is 11.6 Å². The Hall–Kier alpha value is -2.63. The SMILES string of the molecule is Cc1nc(Oc2ccc(N)cc2)ccc1[N+](=O)[O-]. The Morgan fingerprint density at radius 1 is 1.22 bits per heavy atom. The zero-order chi connectivity index (χ0) is 13.1. The maximum absolute atomic E-state index is 10.6. The van der Waals surface area contributed by atoms with Crippen LogP contribution in [0.2, 0.25) is 0 Å². The maximum atomic E-state index is 10.6. The highest BCUT2D eigenvalue weighted by Gasteiger charge is 2.12. The van der Waals surface area contributed by atoms with E-state index in [1.54, 1.807) is 31.2 Å². The predicted octanol–water partition coefficient (Wildman–Crippen LogP) is 2.67.